The molecule has 1 aliphatic heterocycles. The summed E-state index contributed by atoms with van der Waals surface area (Å²) in [6.45, 7) is 2.25. The lowest BCUT2D eigenvalue weighted by atomic mass is 10.0. The lowest BCUT2D eigenvalue weighted by Gasteiger charge is -2.13. The van der Waals surface area contributed by atoms with Crippen LogP contribution in [0.3, 0.4) is 0 Å². The van der Waals surface area contributed by atoms with E-state index in [0.717, 1.165) is 12.8 Å². The number of cyclic esters (lactones) is 1. The fourth-order valence-corrected chi connectivity index (χ4v) is 1.43. The molecule has 0 aliphatic carbocycles. The minimum Gasteiger partial charge on any atom is -0.465 e. The maximum atomic E-state index is 11.2. The number of hydrogen-bond acceptors (Lipinski definition) is 3. The SMILES string of the molecule is CC1CCCC(=O)CCCOC1=O. The molecule has 0 amide bonds. The second-order valence-electron chi connectivity index (χ2n) is 3.60. The van der Waals surface area contributed by atoms with Crippen LogP contribution in [0.15, 0.2) is 0 Å². The van der Waals surface area contributed by atoms with Gasteiger partial charge in [-0.3, -0.25) is 9.59 Å². The van der Waals surface area contributed by atoms with Gasteiger partial charge in [0.15, 0.2) is 0 Å². The van der Waals surface area contributed by atoms with Crippen molar-refractivity contribution in [1.82, 2.24) is 0 Å². The molecule has 0 bridgehead atoms. The Hall–Kier alpha value is -0.860. The molecule has 0 aromatic heterocycles. The van der Waals surface area contributed by atoms with E-state index in [2.05, 4.69) is 0 Å². The summed E-state index contributed by atoms with van der Waals surface area (Å²) in [4.78, 5) is 22.4. The molecule has 1 saturated heterocycles. The zero-order valence-electron chi connectivity index (χ0n) is 8.04. The average molecular weight is 184 g/mol. The molecule has 0 aromatic rings. The summed E-state index contributed by atoms with van der Waals surface area (Å²) < 4.78 is 4.99. The average Bonchev–Trinajstić information content (AvgIpc) is 2.11. The third-order valence-electron chi connectivity index (χ3n) is 2.34. The molecule has 3 heteroatoms. The topological polar surface area (TPSA) is 43.4 Å². The first kappa shape index (κ1) is 10.2. The molecule has 1 fully saturated rings. The fourth-order valence-electron chi connectivity index (χ4n) is 1.43. The Morgan fingerprint density at radius 3 is 2.69 bits per heavy atom. The van der Waals surface area contributed by atoms with Crippen molar-refractivity contribution >= 4 is 11.8 Å². The van der Waals surface area contributed by atoms with Crippen molar-refractivity contribution < 1.29 is 14.3 Å². The normalized spacial score (nSPS) is 26.7. The van der Waals surface area contributed by atoms with Crippen LogP contribution in [0.4, 0.5) is 0 Å². The molecule has 74 valence electrons. The maximum absolute atomic E-state index is 11.2. The van der Waals surface area contributed by atoms with Crippen molar-refractivity contribution in [2.75, 3.05) is 6.61 Å². The molecular weight excluding hydrogens is 168 g/mol. The van der Waals surface area contributed by atoms with E-state index >= 15 is 0 Å². The van der Waals surface area contributed by atoms with Gasteiger partial charge in [-0.2, -0.15) is 0 Å². The van der Waals surface area contributed by atoms with Gasteiger partial charge in [-0.05, 0) is 19.3 Å². The Labute approximate surface area is 78.5 Å². The zero-order chi connectivity index (χ0) is 9.68. The van der Waals surface area contributed by atoms with Crippen molar-refractivity contribution in [3.05, 3.63) is 0 Å². The second-order valence-corrected chi connectivity index (χ2v) is 3.60. The number of Topliss-reactive ketones (excluding diaryl/α,β-unsaturated/α-hetero) is 1. The third kappa shape index (κ3) is 3.57. The molecule has 0 saturated carbocycles. The molecule has 0 radical (unpaired) electrons. The summed E-state index contributed by atoms with van der Waals surface area (Å²) in [5.74, 6) is 0.130. The molecule has 3 nitrogen and oxygen atoms in total. The van der Waals surface area contributed by atoms with Crippen molar-refractivity contribution in [3.63, 3.8) is 0 Å². The number of ether oxygens (including phenoxy) is 1. The number of carbonyl (C=O) groups is 2. The number of ketones is 1. The Morgan fingerprint density at radius 1 is 1.23 bits per heavy atom. The maximum Gasteiger partial charge on any atom is 0.308 e. The first-order chi connectivity index (χ1) is 6.20. The first-order valence-corrected chi connectivity index (χ1v) is 4.88. The highest BCUT2D eigenvalue weighted by atomic mass is 16.5. The highest BCUT2D eigenvalue weighted by molar-refractivity contribution is 5.78. The molecule has 0 aromatic carbocycles. The van der Waals surface area contributed by atoms with Gasteiger partial charge in [0.05, 0.1) is 12.5 Å². The van der Waals surface area contributed by atoms with Gasteiger partial charge in [0.25, 0.3) is 0 Å². The molecular formula is C10H16O3. The van der Waals surface area contributed by atoms with E-state index < -0.39 is 0 Å². The summed E-state index contributed by atoms with van der Waals surface area (Å²) in [6, 6.07) is 0. The minimum absolute atomic E-state index is 0.0501. The van der Waals surface area contributed by atoms with Crippen molar-refractivity contribution in [3.8, 4) is 0 Å². The number of carbonyl (C=O) groups excluding carboxylic acids is 2. The van der Waals surface area contributed by atoms with E-state index in [0.29, 0.717) is 31.7 Å². The van der Waals surface area contributed by atoms with E-state index in [4.69, 9.17) is 4.74 Å². The van der Waals surface area contributed by atoms with Crippen LogP contribution >= 0.6 is 0 Å². The standard InChI is InChI=1S/C10H16O3/c1-8-4-2-5-9(11)6-3-7-13-10(8)12/h8H,2-7H2,1H3. The molecule has 1 heterocycles. The van der Waals surface area contributed by atoms with Gasteiger partial charge in [-0.15, -0.1) is 0 Å². The van der Waals surface area contributed by atoms with E-state index in [1.165, 1.54) is 0 Å². The number of hydrogen-bond donors (Lipinski definition) is 0. The van der Waals surface area contributed by atoms with Gasteiger partial charge < -0.3 is 4.74 Å². The van der Waals surface area contributed by atoms with E-state index in [-0.39, 0.29) is 11.9 Å². The molecule has 0 N–H and O–H groups in total. The lowest BCUT2D eigenvalue weighted by Crippen LogP contribution is -2.17. The van der Waals surface area contributed by atoms with Gasteiger partial charge in [-0.1, -0.05) is 6.92 Å². The van der Waals surface area contributed by atoms with Gasteiger partial charge in [0.2, 0.25) is 0 Å². The Kier molecular flexibility index (Phi) is 3.93. The van der Waals surface area contributed by atoms with E-state index in [1.54, 1.807) is 0 Å². The third-order valence-corrected chi connectivity index (χ3v) is 2.34. The second kappa shape index (κ2) is 5.00. The Bertz CT molecular complexity index is 198. The number of rotatable bonds is 0. The van der Waals surface area contributed by atoms with Crippen molar-refractivity contribution in [2.45, 2.75) is 39.0 Å². The van der Waals surface area contributed by atoms with Crippen LogP contribution in [-0.2, 0) is 14.3 Å². The van der Waals surface area contributed by atoms with Crippen LogP contribution in [0, 0.1) is 5.92 Å². The van der Waals surface area contributed by atoms with Crippen LogP contribution in [-0.4, -0.2) is 18.4 Å². The van der Waals surface area contributed by atoms with Gasteiger partial charge in [0, 0.05) is 12.8 Å². The summed E-state index contributed by atoms with van der Waals surface area (Å²) >= 11 is 0. The Morgan fingerprint density at radius 2 is 1.92 bits per heavy atom. The molecule has 1 unspecified atom stereocenters. The Balaban J connectivity index is 2.41. The quantitative estimate of drug-likeness (QED) is 0.538. The van der Waals surface area contributed by atoms with E-state index in [1.807, 2.05) is 6.92 Å². The molecule has 13 heavy (non-hydrogen) atoms. The first-order valence-electron chi connectivity index (χ1n) is 4.88. The van der Waals surface area contributed by atoms with E-state index in [9.17, 15) is 9.59 Å². The highest BCUT2D eigenvalue weighted by Crippen LogP contribution is 2.13. The van der Waals surface area contributed by atoms with Crippen LogP contribution < -0.4 is 0 Å². The predicted molar refractivity (Wildman–Crippen MR) is 48.2 cm³/mol. The van der Waals surface area contributed by atoms with Crippen LogP contribution in [0.5, 0.6) is 0 Å². The van der Waals surface area contributed by atoms with Crippen LogP contribution in [0.1, 0.15) is 39.0 Å². The van der Waals surface area contributed by atoms with Crippen LogP contribution in [0.2, 0.25) is 0 Å². The highest BCUT2D eigenvalue weighted by Gasteiger charge is 2.16. The monoisotopic (exact) mass is 184 g/mol. The minimum atomic E-state index is -0.116. The summed E-state index contributed by atoms with van der Waals surface area (Å²) in [7, 11) is 0. The van der Waals surface area contributed by atoms with Gasteiger partial charge in [0.1, 0.15) is 5.78 Å². The van der Waals surface area contributed by atoms with Gasteiger partial charge >= 0.3 is 5.97 Å². The predicted octanol–water partition coefficient (Wildman–Crippen LogP) is 1.70. The van der Waals surface area contributed by atoms with Crippen LogP contribution in [0.25, 0.3) is 0 Å². The summed E-state index contributed by atoms with van der Waals surface area (Å²) in [5.41, 5.74) is 0. The summed E-state index contributed by atoms with van der Waals surface area (Å²) in [6.07, 6.45) is 3.44. The molecule has 1 rings (SSSR count). The fraction of sp³-hybridized carbons (Fsp3) is 0.800. The smallest absolute Gasteiger partial charge is 0.308 e. The number of esters is 1. The van der Waals surface area contributed by atoms with Gasteiger partial charge in [-0.25, -0.2) is 0 Å². The molecule has 0 spiro atoms. The molecule has 1 aliphatic rings. The zero-order valence-corrected chi connectivity index (χ0v) is 8.04. The molecule has 1 atom stereocenters. The summed E-state index contributed by atoms with van der Waals surface area (Å²) in [5, 5.41) is 0. The largest absolute Gasteiger partial charge is 0.465 e. The van der Waals surface area contributed by atoms with Crippen molar-refractivity contribution in [2.24, 2.45) is 5.92 Å². The van der Waals surface area contributed by atoms with Crippen molar-refractivity contribution in [1.29, 1.82) is 0 Å². The lowest BCUT2D eigenvalue weighted by molar-refractivity contribution is -0.149.